The van der Waals surface area contributed by atoms with Gasteiger partial charge in [0, 0.05) is 28.8 Å². The average molecular weight is 475 g/mol. The number of rotatable bonds is 5. The van der Waals surface area contributed by atoms with Gasteiger partial charge in [-0.2, -0.15) is 8.42 Å². The Labute approximate surface area is 191 Å². The van der Waals surface area contributed by atoms with Gasteiger partial charge in [-0.15, -0.1) is 0 Å². The molecule has 168 valence electrons. The fourth-order valence-corrected chi connectivity index (χ4v) is 3.49. The van der Waals surface area contributed by atoms with Gasteiger partial charge in [0.15, 0.2) is 0 Å². The molecule has 0 unspecified atom stereocenters. The third kappa shape index (κ3) is 6.30. The van der Waals surface area contributed by atoms with Crippen LogP contribution in [0, 0.1) is 13.8 Å². The number of hydrogen-bond acceptors (Lipinski definition) is 4. The van der Waals surface area contributed by atoms with Crippen molar-refractivity contribution < 1.29 is 22.3 Å². The summed E-state index contributed by atoms with van der Waals surface area (Å²) in [6.45, 7) is 5.56. The number of hydrogen-bond donors (Lipinski definition) is 2. The summed E-state index contributed by atoms with van der Waals surface area (Å²) in [5.41, 5.74) is 5.86. The zero-order valence-electron chi connectivity index (χ0n) is 17.6. The highest BCUT2D eigenvalue weighted by molar-refractivity contribution is 7.79. The smallest absolute Gasteiger partial charge is 0.394 e. The standard InChI is InChI=1S/C23H21ClN2O.H2O4S/c1-16-17(2)26(14-18-6-4-3-5-7-18)22-21(16)12-13-25-23(22)27-15-19-8-10-20(24)11-9-19;1-5(2,3)4/h3-13H,14-15H2,1-2H3;(H2,1,2,3,4). The summed E-state index contributed by atoms with van der Waals surface area (Å²) < 4.78 is 40.0. The van der Waals surface area contributed by atoms with Crippen molar-refractivity contribution in [3.63, 3.8) is 0 Å². The number of nitrogens with zero attached hydrogens (tertiary/aromatic N) is 2. The molecule has 0 atom stereocenters. The fraction of sp³-hybridized carbons (Fsp3) is 0.174. The number of benzene rings is 2. The minimum atomic E-state index is -4.67. The summed E-state index contributed by atoms with van der Waals surface area (Å²) in [7, 11) is -4.67. The normalized spacial score (nSPS) is 11.2. The van der Waals surface area contributed by atoms with Crippen molar-refractivity contribution in [1.82, 2.24) is 9.55 Å². The maximum atomic E-state index is 8.74. The predicted octanol–water partition coefficient (Wildman–Crippen LogP) is 5.28. The van der Waals surface area contributed by atoms with Gasteiger partial charge in [0.25, 0.3) is 0 Å². The second-order valence-electron chi connectivity index (χ2n) is 7.16. The molecule has 4 rings (SSSR count). The average Bonchev–Trinajstić information content (AvgIpc) is 2.98. The summed E-state index contributed by atoms with van der Waals surface area (Å²) in [6.07, 6.45) is 1.82. The second-order valence-corrected chi connectivity index (χ2v) is 8.49. The summed E-state index contributed by atoms with van der Waals surface area (Å²) in [4.78, 5) is 4.53. The largest absolute Gasteiger partial charge is 0.471 e. The van der Waals surface area contributed by atoms with E-state index in [1.54, 1.807) is 0 Å². The molecule has 2 heterocycles. The van der Waals surface area contributed by atoms with Crippen molar-refractivity contribution in [2.24, 2.45) is 0 Å². The Morgan fingerprint density at radius 3 is 2.22 bits per heavy atom. The molecular formula is C23H23ClN2O5S. The second kappa shape index (κ2) is 10.1. The monoisotopic (exact) mass is 474 g/mol. The Morgan fingerprint density at radius 1 is 0.969 bits per heavy atom. The first-order valence-corrected chi connectivity index (χ1v) is 11.5. The highest BCUT2D eigenvalue weighted by atomic mass is 35.5. The minimum Gasteiger partial charge on any atom is -0.471 e. The topological polar surface area (TPSA) is 102 Å². The van der Waals surface area contributed by atoms with Crippen LogP contribution in [0.3, 0.4) is 0 Å². The highest BCUT2D eigenvalue weighted by Gasteiger charge is 2.16. The molecule has 0 aliphatic heterocycles. The van der Waals surface area contributed by atoms with Gasteiger partial charge in [-0.1, -0.05) is 54.1 Å². The maximum Gasteiger partial charge on any atom is 0.394 e. The predicted molar refractivity (Wildman–Crippen MR) is 125 cm³/mol. The van der Waals surface area contributed by atoms with Gasteiger partial charge >= 0.3 is 10.4 Å². The van der Waals surface area contributed by atoms with Gasteiger partial charge in [-0.25, -0.2) is 4.98 Å². The third-order valence-electron chi connectivity index (χ3n) is 4.98. The van der Waals surface area contributed by atoms with Crippen molar-refractivity contribution in [3.8, 4) is 5.88 Å². The lowest BCUT2D eigenvalue weighted by molar-refractivity contribution is 0.296. The van der Waals surface area contributed by atoms with Gasteiger partial charge in [0.2, 0.25) is 5.88 Å². The molecule has 0 saturated heterocycles. The minimum absolute atomic E-state index is 0.456. The molecule has 0 fully saturated rings. The molecule has 2 aromatic heterocycles. The fourth-order valence-electron chi connectivity index (χ4n) is 3.36. The first-order valence-electron chi connectivity index (χ1n) is 9.69. The lowest BCUT2D eigenvalue weighted by atomic mass is 10.2. The third-order valence-corrected chi connectivity index (χ3v) is 5.24. The van der Waals surface area contributed by atoms with Crippen LogP contribution in [0.2, 0.25) is 5.02 Å². The maximum absolute atomic E-state index is 8.74. The van der Waals surface area contributed by atoms with Crippen LogP contribution in [0.4, 0.5) is 0 Å². The SMILES string of the molecule is Cc1c(C)n(Cc2ccccc2)c2c(OCc3ccc(Cl)cc3)nccc12.O=S(=O)(O)O. The summed E-state index contributed by atoms with van der Waals surface area (Å²) in [6, 6.07) is 20.2. The molecule has 4 aromatic rings. The molecule has 2 aromatic carbocycles. The van der Waals surface area contributed by atoms with Crippen LogP contribution in [-0.2, 0) is 23.6 Å². The first-order chi connectivity index (χ1) is 15.1. The van der Waals surface area contributed by atoms with E-state index in [1.165, 1.54) is 22.2 Å². The summed E-state index contributed by atoms with van der Waals surface area (Å²) in [5.74, 6) is 0.662. The Bertz CT molecular complexity index is 1300. The zero-order chi connectivity index (χ0) is 23.3. The molecule has 0 bridgehead atoms. The molecule has 32 heavy (non-hydrogen) atoms. The van der Waals surface area contributed by atoms with E-state index in [2.05, 4.69) is 53.7 Å². The summed E-state index contributed by atoms with van der Waals surface area (Å²) >= 11 is 5.97. The Kier molecular flexibility index (Phi) is 7.52. The van der Waals surface area contributed by atoms with E-state index in [0.29, 0.717) is 12.5 Å². The van der Waals surface area contributed by atoms with Crippen molar-refractivity contribution in [2.45, 2.75) is 27.0 Å². The number of aryl methyl sites for hydroxylation is 1. The van der Waals surface area contributed by atoms with Gasteiger partial charge in [0.1, 0.15) is 12.1 Å². The molecule has 7 nitrogen and oxygen atoms in total. The molecule has 2 N–H and O–H groups in total. The van der Waals surface area contributed by atoms with Gasteiger partial charge in [0.05, 0.1) is 0 Å². The molecule has 0 radical (unpaired) electrons. The van der Waals surface area contributed by atoms with Crippen molar-refractivity contribution >= 4 is 32.9 Å². The van der Waals surface area contributed by atoms with E-state index in [-0.39, 0.29) is 0 Å². The van der Waals surface area contributed by atoms with Crippen LogP contribution in [0.1, 0.15) is 22.4 Å². The van der Waals surface area contributed by atoms with Crippen LogP contribution >= 0.6 is 11.6 Å². The van der Waals surface area contributed by atoms with Crippen LogP contribution in [0.5, 0.6) is 5.88 Å². The molecule has 0 saturated carbocycles. The van der Waals surface area contributed by atoms with Gasteiger partial charge < -0.3 is 9.30 Å². The summed E-state index contributed by atoms with van der Waals surface area (Å²) in [5, 5.41) is 1.91. The van der Waals surface area contributed by atoms with E-state index < -0.39 is 10.4 Å². The molecule has 0 amide bonds. The van der Waals surface area contributed by atoms with Crippen LogP contribution < -0.4 is 4.74 Å². The van der Waals surface area contributed by atoms with Crippen LogP contribution in [0.15, 0.2) is 66.9 Å². The highest BCUT2D eigenvalue weighted by Crippen LogP contribution is 2.32. The zero-order valence-corrected chi connectivity index (χ0v) is 19.1. The molecule has 9 heteroatoms. The molecule has 0 aliphatic rings. The quantitative estimate of drug-likeness (QED) is 0.381. The lowest BCUT2D eigenvalue weighted by Crippen LogP contribution is -2.05. The number of halogens is 1. The van der Waals surface area contributed by atoms with Crippen molar-refractivity contribution in [3.05, 3.63) is 94.3 Å². The first kappa shape index (κ1) is 23.7. The van der Waals surface area contributed by atoms with E-state index in [0.717, 1.165) is 22.6 Å². The number of fused-ring (bicyclic) bond motifs is 1. The number of ether oxygens (including phenoxy) is 1. The van der Waals surface area contributed by atoms with E-state index in [9.17, 15) is 0 Å². The molecular weight excluding hydrogens is 452 g/mol. The van der Waals surface area contributed by atoms with Crippen LogP contribution in [-0.4, -0.2) is 27.1 Å². The Morgan fingerprint density at radius 2 is 1.59 bits per heavy atom. The number of aromatic nitrogens is 2. The van der Waals surface area contributed by atoms with Gasteiger partial charge in [-0.3, -0.25) is 9.11 Å². The van der Waals surface area contributed by atoms with Crippen molar-refractivity contribution in [2.75, 3.05) is 0 Å². The van der Waals surface area contributed by atoms with E-state index in [4.69, 9.17) is 33.9 Å². The molecule has 0 spiro atoms. The van der Waals surface area contributed by atoms with Gasteiger partial charge in [-0.05, 0) is 48.7 Å². The number of pyridine rings is 1. The Hall–Kier alpha value is -2.91. The lowest BCUT2D eigenvalue weighted by Gasteiger charge is -2.12. The Balaban J connectivity index is 0.000000523. The van der Waals surface area contributed by atoms with E-state index >= 15 is 0 Å². The molecule has 0 aliphatic carbocycles. The van der Waals surface area contributed by atoms with E-state index in [1.807, 2.05) is 36.5 Å². The van der Waals surface area contributed by atoms with Crippen LogP contribution in [0.25, 0.3) is 10.9 Å². The van der Waals surface area contributed by atoms with Crippen molar-refractivity contribution in [1.29, 1.82) is 0 Å².